The number of nitrogens with one attached hydrogen (secondary N) is 1. The molecular formula is C17H25NO. The van der Waals surface area contributed by atoms with Crippen LogP contribution in [0.2, 0.25) is 0 Å². The summed E-state index contributed by atoms with van der Waals surface area (Å²) in [6.07, 6.45) is 3.67. The molecule has 0 saturated heterocycles. The molecule has 2 atom stereocenters. The van der Waals surface area contributed by atoms with Crippen LogP contribution in [0, 0.1) is 5.92 Å². The molecule has 2 heteroatoms. The Morgan fingerprint density at radius 2 is 2.11 bits per heavy atom. The summed E-state index contributed by atoms with van der Waals surface area (Å²) in [4.78, 5) is 0. The molecule has 3 rings (SSSR count). The molecular weight excluding hydrogens is 234 g/mol. The molecule has 1 fully saturated rings. The molecule has 0 radical (unpaired) electrons. The summed E-state index contributed by atoms with van der Waals surface area (Å²) >= 11 is 0. The second kappa shape index (κ2) is 4.52. The predicted octanol–water partition coefficient (Wildman–Crippen LogP) is 3.51. The van der Waals surface area contributed by atoms with Gasteiger partial charge in [-0.15, -0.1) is 0 Å². The highest BCUT2D eigenvalue weighted by atomic mass is 16.5. The fourth-order valence-corrected chi connectivity index (χ4v) is 3.80. The molecule has 2 unspecified atom stereocenters. The lowest BCUT2D eigenvalue weighted by Crippen LogP contribution is -2.39. The van der Waals surface area contributed by atoms with Gasteiger partial charge in [-0.2, -0.15) is 0 Å². The number of rotatable bonds is 4. The van der Waals surface area contributed by atoms with Gasteiger partial charge in [0.1, 0.15) is 11.4 Å². The van der Waals surface area contributed by atoms with E-state index in [9.17, 15) is 0 Å². The van der Waals surface area contributed by atoms with Gasteiger partial charge >= 0.3 is 0 Å². The molecule has 0 aromatic heterocycles. The summed E-state index contributed by atoms with van der Waals surface area (Å²) in [7, 11) is 0. The summed E-state index contributed by atoms with van der Waals surface area (Å²) in [6.45, 7) is 8.95. The second-order valence-corrected chi connectivity index (χ2v) is 6.80. The SMILES string of the molecule is CCCNCC1CC12CC(C)(C)Oc1ccccc12. The topological polar surface area (TPSA) is 21.3 Å². The van der Waals surface area contributed by atoms with E-state index in [-0.39, 0.29) is 5.60 Å². The minimum absolute atomic E-state index is 0.0339. The Morgan fingerprint density at radius 1 is 1.32 bits per heavy atom. The van der Waals surface area contributed by atoms with Gasteiger partial charge in [-0.05, 0) is 58.2 Å². The van der Waals surface area contributed by atoms with E-state index in [0.29, 0.717) is 5.41 Å². The maximum Gasteiger partial charge on any atom is 0.123 e. The van der Waals surface area contributed by atoms with Crippen LogP contribution < -0.4 is 10.1 Å². The molecule has 1 aliphatic carbocycles. The van der Waals surface area contributed by atoms with Crippen molar-refractivity contribution in [1.82, 2.24) is 5.32 Å². The Morgan fingerprint density at radius 3 is 2.89 bits per heavy atom. The third kappa shape index (κ3) is 2.27. The lowest BCUT2D eigenvalue weighted by atomic mass is 9.80. The van der Waals surface area contributed by atoms with Crippen molar-refractivity contribution in [1.29, 1.82) is 0 Å². The third-order valence-corrected chi connectivity index (χ3v) is 4.60. The maximum atomic E-state index is 6.15. The van der Waals surface area contributed by atoms with Gasteiger partial charge in [-0.1, -0.05) is 25.1 Å². The van der Waals surface area contributed by atoms with Crippen molar-refractivity contribution in [2.24, 2.45) is 5.92 Å². The van der Waals surface area contributed by atoms with Crippen LogP contribution in [0.1, 0.15) is 45.6 Å². The summed E-state index contributed by atoms with van der Waals surface area (Å²) in [5, 5.41) is 3.59. The normalized spacial score (nSPS) is 30.8. The first-order valence-electron chi connectivity index (χ1n) is 7.57. The Bertz CT molecular complexity index is 468. The van der Waals surface area contributed by atoms with Gasteiger partial charge in [0.25, 0.3) is 0 Å². The molecule has 1 heterocycles. The van der Waals surface area contributed by atoms with E-state index < -0.39 is 0 Å². The molecule has 0 bridgehead atoms. The lowest BCUT2D eigenvalue weighted by Gasteiger charge is -2.39. The van der Waals surface area contributed by atoms with Gasteiger partial charge < -0.3 is 10.1 Å². The average Bonchev–Trinajstić information content (AvgIpc) is 3.01. The number of ether oxygens (including phenoxy) is 1. The second-order valence-electron chi connectivity index (χ2n) is 6.80. The zero-order valence-corrected chi connectivity index (χ0v) is 12.3. The van der Waals surface area contributed by atoms with Crippen LogP contribution in [0.25, 0.3) is 0 Å². The van der Waals surface area contributed by atoms with Crippen LogP contribution in [-0.4, -0.2) is 18.7 Å². The minimum atomic E-state index is -0.0339. The van der Waals surface area contributed by atoms with Crippen LogP contribution >= 0.6 is 0 Å². The van der Waals surface area contributed by atoms with E-state index in [4.69, 9.17) is 4.74 Å². The number of benzene rings is 1. The lowest BCUT2D eigenvalue weighted by molar-refractivity contribution is 0.0638. The molecule has 1 aromatic carbocycles. The largest absolute Gasteiger partial charge is 0.488 e. The number of para-hydroxylation sites is 1. The van der Waals surface area contributed by atoms with Crippen molar-refractivity contribution in [3.8, 4) is 5.75 Å². The van der Waals surface area contributed by atoms with Crippen LogP contribution in [0.15, 0.2) is 24.3 Å². The van der Waals surface area contributed by atoms with Crippen LogP contribution in [0.5, 0.6) is 5.75 Å². The molecule has 1 aromatic rings. The highest BCUT2D eigenvalue weighted by Crippen LogP contribution is 2.63. The molecule has 2 aliphatic rings. The van der Waals surface area contributed by atoms with Crippen molar-refractivity contribution in [3.05, 3.63) is 29.8 Å². The summed E-state index contributed by atoms with van der Waals surface area (Å²) in [5.74, 6) is 1.89. The van der Waals surface area contributed by atoms with Crippen molar-refractivity contribution in [3.63, 3.8) is 0 Å². The van der Waals surface area contributed by atoms with E-state index in [1.165, 1.54) is 18.4 Å². The van der Waals surface area contributed by atoms with Crippen molar-refractivity contribution >= 4 is 0 Å². The van der Waals surface area contributed by atoms with Gasteiger partial charge in [0.15, 0.2) is 0 Å². The van der Waals surface area contributed by atoms with E-state index in [1.54, 1.807) is 0 Å². The van der Waals surface area contributed by atoms with Crippen LogP contribution in [0.4, 0.5) is 0 Å². The smallest absolute Gasteiger partial charge is 0.123 e. The van der Waals surface area contributed by atoms with Gasteiger partial charge in [0, 0.05) is 11.0 Å². The molecule has 1 aliphatic heterocycles. The van der Waals surface area contributed by atoms with Gasteiger partial charge in [0.05, 0.1) is 0 Å². The predicted molar refractivity (Wildman–Crippen MR) is 78.7 cm³/mol. The monoisotopic (exact) mass is 259 g/mol. The summed E-state index contributed by atoms with van der Waals surface area (Å²) in [5.41, 5.74) is 1.78. The highest BCUT2D eigenvalue weighted by molar-refractivity contribution is 5.47. The highest BCUT2D eigenvalue weighted by Gasteiger charge is 2.60. The third-order valence-electron chi connectivity index (χ3n) is 4.60. The number of hydrogen-bond acceptors (Lipinski definition) is 2. The number of hydrogen-bond donors (Lipinski definition) is 1. The van der Waals surface area contributed by atoms with Crippen LogP contribution in [0.3, 0.4) is 0 Å². The van der Waals surface area contributed by atoms with E-state index in [1.807, 2.05) is 0 Å². The first-order chi connectivity index (χ1) is 9.07. The van der Waals surface area contributed by atoms with Crippen molar-refractivity contribution < 1.29 is 4.74 Å². The molecule has 1 N–H and O–H groups in total. The fourth-order valence-electron chi connectivity index (χ4n) is 3.80. The first-order valence-corrected chi connectivity index (χ1v) is 7.57. The first kappa shape index (κ1) is 13.0. The quantitative estimate of drug-likeness (QED) is 0.836. The minimum Gasteiger partial charge on any atom is -0.488 e. The Hall–Kier alpha value is -1.02. The van der Waals surface area contributed by atoms with E-state index >= 15 is 0 Å². The van der Waals surface area contributed by atoms with Gasteiger partial charge in [-0.25, -0.2) is 0 Å². The number of fused-ring (bicyclic) bond motifs is 2. The van der Waals surface area contributed by atoms with Crippen LogP contribution in [-0.2, 0) is 5.41 Å². The van der Waals surface area contributed by atoms with Gasteiger partial charge in [-0.3, -0.25) is 0 Å². The van der Waals surface area contributed by atoms with E-state index in [2.05, 4.69) is 50.4 Å². The zero-order chi connectivity index (χ0) is 13.5. The standard InChI is InChI=1S/C17H25NO/c1-4-9-18-11-13-10-17(13)12-16(2,3)19-15-8-6-5-7-14(15)17/h5-8,13,18H,4,9-12H2,1-3H3. The molecule has 2 nitrogen and oxygen atoms in total. The summed E-state index contributed by atoms with van der Waals surface area (Å²) < 4.78 is 6.15. The maximum absolute atomic E-state index is 6.15. The van der Waals surface area contributed by atoms with E-state index in [0.717, 1.165) is 31.2 Å². The zero-order valence-electron chi connectivity index (χ0n) is 12.3. The fraction of sp³-hybridized carbons (Fsp3) is 0.647. The average molecular weight is 259 g/mol. The molecule has 0 amide bonds. The van der Waals surface area contributed by atoms with Gasteiger partial charge in [0.2, 0.25) is 0 Å². The molecule has 1 spiro atoms. The Labute approximate surface area is 116 Å². The Balaban J connectivity index is 1.82. The molecule has 1 saturated carbocycles. The summed E-state index contributed by atoms with van der Waals surface area (Å²) in [6, 6.07) is 8.63. The molecule has 19 heavy (non-hydrogen) atoms. The van der Waals surface area contributed by atoms with Crippen molar-refractivity contribution in [2.45, 2.75) is 51.0 Å². The molecule has 104 valence electrons. The van der Waals surface area contributed by atoms with Crippen molar-refractivity contribution in [2.75, 3.05) is 13.1 Å². The Kier molecular flexibility index (Phi) is 3.09.